The summed E-state index contributed by atoms with van der Waals surface area (Å²) >= 11 is 0. The first-order valence-corrected chi connectivity index (χ1v) is 10.3. The molecule has 0 saturated heterocycles. The van der Waals surface area contributed by atoms with Gasteiger partial charge in [-0.1, -0.05) is 36.4 Å². The number of para-hydroxylation sites is 2. The van der Waals surface area contributed by atoms with Crippen LogP contribution in [0.5, 0.6) is 0 Å². The maximum atomic E-state index is 11.2. The Labute approximate surface area is 194 Å². The summed E-state index contributed by atoms with van der Waals surface area (Å²) in [6.07, 6.45) is 0. The van der Waals surface area contributed by atoms with Crippen molar-refractivity contribution in [1.29, 1.82) is 0 Å². The van der Waals surface area contributed by atoms with Crippen LogP contribution in [0.4, 0.5) is 22.7 Å². The van der Waals surface area contributed by atoms with E-state index in [1.165, 1.54) is 24.3 Å². The summed E-state index contributed by atoms with van der Waals surface area (Å²) in [4.78, 5) is 31.0. The highest BCUT2D eigenvalue weighted by Crippen LogP contribution is 2.23. The highest BCUT2D eigenvalue weighted by Gasteiger charge is 2.18. The maximum Gasteiger partial charge on any atom is 0.269 e. The van der Waals surface area contributed by atoms with Crippen LogP contribution in [0, 0.1) is 20.2 Å². The molecule has 0 unspecified atom stereocenters. The Morgan fingerprint density at radius 2 is 0.824 bits per heavy atom. The Bertz CT molecular complexity index is 1260. The number of hydrogen-bond donors (Lipinski definition) is 0. The second-order valence-electron chi connectivity index (χ2n) is 7.20. The number of non-ortho nitro benzene ring substituents is 2. The summed E-state index contributed by atoms with van der Waals surface area (Å²) in [5, 5.41) is 22.3. The zero-order chi connectivity index (χ0) is 23.9. The average molecular weight is 450 g/mol. The molecule has 166 valence electrons. The Morgan fingerprint density at radius 3 is 1.12 bits per heavy atom. The fourth-order valence-corrected chi connectivity index (χ4v) is 3.25. The molecule has 0 saturated carbocycles. The fourth-order valence-electron chi connectivity index (χ4n) is 3.25. The van der Waals surface area contributed by atoms with Crippen LogP contribution < -0.4 is 0 Å². The monoisotopic (exact) mass is 450 g/mol. The van der Waals surface area contributed by atoms with Gasteiger partial charge in [-0.25, -0.2) is 9.98 Å². The van der Waals surface area contributed by atoms with Gasteiger partial charge in [-0.2, -0.15) is 0 Å². The molecule has 4 rings (SSSR count). The van der Waals surface area contributed by atoms with E-state index < -0.39 is 9.85 Å². The summed E-state index contributed by atoms with van der Waals surface area (Å²) in [7, 11) is 0. The van der Waals surface area contributed by atoms with E-state index in [0.717, 1.165) is 0 Å². The van der Waals surface area contributed by atoms with E-state index in [1.54, 1.807) is 24.3 Å². The van der Waals surface area contributed by atoms with Gasteiger partial charge in [-0.3, -0.25) is 20.2 Å². The van der Waals surface area contributed by atoms with Gasteiger partial charge in [0.15, 0.2) is 0 Å². The number of aliphatic imine (C=N–C) groups is 2. The van der Waals surface area contributed by atoms with Gasteiger partial charge in [0.1, 0.15) is 0 Å². The lowest BCUT2D eigenvalue weighted by Crippen LogP contribution is -2.17. The minimum absolute atomic E-state index is 0.0419. The van der Waals surface area contributed by atoms with Crippen LogP contribution in [0.3, 0.4) is 0 Å². The van der Waals surface area contributed by atoms with E-state index in [-0.39, 0.29) is 11.4 Å². The topological polar surface area (TPSA) is 111 Å². The molecule has 0 fully saturated rings. The Balaban J connectivity index is 1.93. The van der Waals surface area contributed by atoms with E-state index in [1.807, 2.05) is 60.7 Å². The van der Waals surface area contributed by atoms with Crippen LogP contribution in [0.25, 0.3) is 0 Å². The lowest BCUT2D eigenvalue weighted by Gasteiger charge is -2.12. The second kappa shape index (κ2) is 10.1. The predicted molar refractivity (Wildman–Crippen MR) is 131 cm³/mol. The SMILES string of the molecule is O=[N+]([O-])c1ccc(C(=Nc2ccccc2)C(=Nc2ccccc2)c2ccc([N+](=O)[O-])cc2)cc1. The van der Waals surface area contributed by atoms with Crippen molar-refractivity contribution in [3.8, 4) is 0 Å². The summed E-state index contributed by atoms with van der Waals surface area (Å²) in [6.45, 7) is 0. The van der Waals surface area contributed by atoms with Crippen LogP contribution in [-0.2, 0) is 0 Å². The molecule has 8 heteroatoms. The minimum atomic E-state index is -0.465. The van der Waals surface area contributed by atoms with Gasteiger partial charge in [0.2, 0.25) is 0 Å². The van der Waals surface area contributed by atoms with Crippen LogP contribution >= 0.6 is 0 Å². The third-order valence-electron chi connectivity index (χ3n) is 4.92. The van der Waals surface area contributed by atoms with Crippen molar-refractivity contribution >= 4 is 34.2 Å². The zero-order valence-corrected chi connectivity index (χ0v) is 17.8. The smallest absolute Gasteiger partial charge is 0.258 e. The number of nitrogens with zero attached hydrogens (tertiary/aromatic N) is 4. The van der Waals surface area contributed by atoms with Gasteiger partial charge >= 0.3 is 0 Å². The van der Waals surface area contributed by atoms with Crippen LogP contribution in [0.1, 0.15) is 11.1 Å². The summed E-state index contributed by atoms with van der Waals surface area (Å²) in [5.41, 5.74) is 3.42. The predicted octanol–water partition coefficient (Wildman–Crippen LogP) is 6.44. The molecule has 0 aromatic heterocycles. The molecule has 0 aliphatic carbocycles. The molecule has 4 aromatic carbocycles. The number of rotatable bonds is 7. The van der Waals surface area contributed by atoms with Crippen molar-refractivity contribution in [2.24, 2.45) is 9.98 Å². The van der Waals surface area contributed by atoms with Gasteiger partial charge in [0.25, 0.3) is 11.4 Å². The van der Waals surface area contributed by atoms with E-state index in [9.17, 15) is 20.2 Å². The molecule has 0 spiro atoms. The van der Waals surface area contributed by atoms with Gasteiger partial charge in [0, 0.05) is 35.4 Å². The van der Waals surface area contributed by atoms with Crippen molar-refractivity contribution in [2.45, 2.75) is 0 Å². The molecular weight excluding hydrogens is 432 g/mol. The van der Waals surface area contributed by atoms with E-state index in [0.29, 0.717) is 33.9 Å². The second-order valence-corrected chi connectivity index (χ2v) is 7.20. The standard InChI is InChI=1S/C26H18N4O4/c31-29(32)23-15-11-19(12-16-23)25(27-21-7-3-1-4-8-21)26(28-22-9-5-2-6-10-22)20-13-17-24(18-14-20)30(33)34/h1-18H. The van der Waals surface area contributed by atoms with Crippen LogP contribution in [0.15, 0.2) is 119 Å². The molecular formula is C26H18N4O4. The number of hydrogen-bond acceptors (Lipinski definition) is 6. The lowest BCUT2D eigenvalue weighted by molar-refractivity contribution is -0.385. The third kappa shape index (κ3) is 5.25. The summed E-state index contributed by atoms with van der Waals surface area (Å²) in [5.74, 6) is 0. The van der Waals surface area contributed by atoms with Crippen molar-refractivity contribution < 1.29 is 9.85 Å². The molecule has 0 aliphatic heterocycles. The van der Waals surface area contributed by atoms with Gasteiger partial charge < -0.3 is 0 Å². The molecule has 34 heavy (non-hydrogen) atoms. The van der Waals surface area contributed by atoms with Crippen LogP contribution in [0.2, 0.25) is 0 Å². The molecule has 0 aliphatic rings. The number of benzene rings is 4. The highest BCUT2D eigenvalue weighted by atomic mass is 16.6. The van der Waals surface area contributed by atoms with E-state index >= 15 is 0 Å². The molecule has 0 N–H and O–H groups in total. The fraction of sp³-hybridized carbons (Fsp3) is 0. The Morgan fingerprint density at radius 1 is 0.500 bits per heavy atom. The first-order chi connectivity index (χ1) is 16.5. The minimum Gasteiger partial charge on any atom is -0.258 e. The van der Waals surface area contributed by atoms with Crippen molar-refractivity contribution in [3.63, 3.8) is 0 Å². The maximum absolute atomic E-state index is 11.2. The number of nitro benzene ring substituents is 2. The molecule has 8 nitrogen and oxygen atoms in total. The largest absolute Gasteiger partial charge is 0.269 e. The molecule has 4 aromatic rings. The van der Waals surface area contributed by atoms with Crippen molar-refractivity contribution in [2.75, 3.05) is 0 Å². The Hall–Kier alpha value is -4.98. The van der Waals surface area contributed by atoms with Gasteiger partial charge in [-0.05, 0) is 48.5 Å². The highest BCUT2D eigenvalue weighted by molar-refractivity contribution is 6.54. The first kappa shape index (κ1) is 22.2. The Kier molecular flexibility index (Phi) is 6.60. The molecule has 0 radical (unpaired) electrons. The quantitative estimate of drug-likeness (QED) is 0.183. The molecule has 0 heterocycles. The van der Waals surface area contributed by atoms with Crippen molar-refractivity contribution in [3.05, 3.63) is 141 Å². The third-order valence-corrected chi connectivity index (χ3v) is 4.92. The average Bonchev–Trinajstić information content (AvgIpc) is 2.87. The zero-order valence-electron chi connectivity index (χ0n) is 17.8. The molecule has 0 amide bonds. The van der Waals surface area contributed by atoms with Crippen LogP contribution in [-0.4, -0.2) is 21.3 Å². The van der Waals surface area contributed by atoms with Gasteiger partial charge in [-0.15, -0.1) is 0 Å². The normalized spacial score (nSPS) is 11.8. The lowest BCUT2D eigenvalue weighted by atomic mass is 9.98. The summed E-state index contributed by atoms with van der Waals surface area (Å²) < 4.78 is 0. The summed E-state index contributed by atoms with van der Waals surface area (Å²) in [6, 6.07) is 30.6. The van der Waals surface area contributed by atoms with E-state index in [2.05, 4.69) is 0 Å². The van der Waals surface area contributed by atoms with Gasteiger partial charge in [0.05, 0.1) is 32.6 Å². The first-order valence-electron chi connectivity index (χ1n) is 10.3. The van der Waals surface area contributed by atoms with Crippen molar-refractivity contribution in [1.82, 2.24) is 0 Å². The van der Waals surface area contributed by atoms with E-state index in [4.69, 9.17) is 9.98 Å². The molecule has 0 bridgehead atoms. The molecule has 0 atom stereocenters. The number of nitro groups is 2.